The molecule has 5 rings (SSSR count). The molecule has 1 aliphatic heterocycles. The number of methoxy groups -OCH3 is 1. The van der Waals surface area contributed by atoms with Crippen LogP contribution in [-0.4, -0.2) is 58.6 Å². The van der Waals surface area contributed by atoms with E-state index in [1.165, 1.54) is 42.6 Å². The second-order valence-corrected chi connectivity index (χ2v) is 15.5. The Morgan fingerprint density at radius 2 is 1.87 bits per heavy atom. The van der Waals surface area contributed by atoms with E-state index in [1.807, 2.05) is 12.1 Å². The van der Waals surface area contributed by atoms with E-state index >= 15 is 0 Å². The zero-order chi connectivity index (χ0) is 33.8. The highest BCUT2D eigenvalue weighted by Crippen LogP contribution is 2.46. The highest BCUT2D eigenvalue weighted by atomic mass is 32.1. The van der Waals surface area contributed by atoms with Crippen LogP contribution >= 0.6 is 11.3 Å². The molecule has 9 nitrogen and oxygen atoms in total. The lowest BCUT2D eigenvalue weighted by Gasteiger charge is -2.47. The second-order valence-electron chi connectivity index (χ2n) is 14.4. The molecule has 0 bridgehead atoms. The molecule has 0 radical (unpaired) electrons. The van der Waals surface area contributed by atoms with Crippen molar-refractivity contribution in [2.45, 2.75) is 73.3 Å². The fraction of sp³-hybridized carbons (Fsp3) is 0.500. The number of carbonyl (C=O) groups excluding carboxylic acids is 1. The smallest absolute Gasteiger partial charge is 0.229 e. The van der Waals surface area contributed by atoms with Crippen molar-refractivity contribution in [2.24, 2.45) is 16.7 Å². The summed E-state index contributed by atoms with van der Waals surface area (Å²) in [6.45, 7) is 17.0. The zero-order valence-corrected chi connectivity index (χ0v) is 29.3. The topological polar surface area (TPSA) is 102 Å². The van der Waals surface area contributed by atoms with E-state index in [-0.39, 0.29) is 23.2 Å². The number of aromatic nitrogens is 3. The van der Waals surface area contributed by atoms with Gasteiger partial charge in [-0.15, -0.1) is 11.3 Å². The summed E-state index contributed by atoms with van der Waals surface area (Å²) in [4.78, 5) is 29.3. The van der Waals surface area contributed by atoms with Gasteiger partial charge in [0.25, 0.3) is 0 Å². The van der Waals surface area contributed by atoms with Crippen LogP contribution in [0.15, 0.2) is 48.9 Å². The third-order valence-corrected chi connectivity index (χ3v) is 9.57. The molecule has 0 aliphatic carbocycles. The average Bonchev–Trinajstić information content (AvgIpc) is 3.62. The number of fused-ring (bicyclic) bond motifs is 1. The van der Waals surface area contributed by atoms with Gasteiger partial charge in [0.05, 0.1) is 25.7 Å². The number of nitrogens with zero attached hydrogens (tertiary/aromatic N) is 4. The lowest BCUT2D eigenvalue weighted by atomic mass is 9.63. The largest absolute Gasteiger partial charge is 0.493 e. The highest BCUT2D eigenvalue weighted by molar-refractivity contribution is 7.15. The van der Waals surface area contributed by atoms with E-state index in [4.69, 9.17) is 9.47 Å². The summed E-state index contributed by atoms with van der Waals surface area (Å²) in [6, 6.07) is 10.2. The Morgan fingerprint density at radius 1 is 1.09 bits per heavy atom. The molecule has 3 heterocycles. The Bertz CT molecular complexity index is 1670. The summed E-state index contributed by atoms with van der Waals surface area (Å²) in [7, 11) is 1.63. The quantitative estimate of drug-likeness (QED) is 0.147. The van der Waals surface area contributed by atoms with Crippen molar-refractivity contribution in [2.75, 3.05) is 37.4 Å². The highest BCUT2D eigenvalue weighted by Gasteiger charge is 2.44. The lowest BCUT2D eigenvalue weighted by molar-refractivity contribution is -0.115. The van der Waals surface area contributed by atoms with Crippen LogP contribution in [0.2, 0.25) is 0 Å². The van der Waals surface area contributed by atoms with Gasteiger partial charge >= 0.3 is 0 Å². The monoisotopic (exact) mass is 662 g/mol. The first-order chi connectivity index (χ1) is 22.3. The molecule has 0 saturated carbocycles. The molecule has 0 unspecified atom stereocenters. The number of rotatable bonds is 12. The molecule has 47 heavy (non-hydrogen) atoms. The molecule has 252 valence electrons. The van der Waals surface area contributed by atoms with Gasteiger partial charge < -0.3 is 20.1 Å². The maximum atomic E-state index is 13.5. The molecule has 1 fully saturated rings. The Balaban J connectivity index is 1.21. The molecule has 2 N–H and O–H groups in total. The molecule has 0 spiro atoms. The molecule has 1 atom stereocenters. The number of carbonyl (C=O) groups is 1. The fourth-order valence-corrected chi connectivity index (χ4v) is 8.13. The van der Waals surface area contributed by atoms with Crippen molar-refractivity contribution in [3.8, 4) is 11.5 Å². The van der Waals surface area contributed by atoms with Crippen LogP contribution in [0.25, 0.3) is 10.9 Å². The van der Waals surface area contributed by atoms with Crippen LogP contribution in [-0.2, 0) is 11.2 Å². The molecular weight excluding hydrogens is 616 g/mol. The second kappa shape index (κ2) is 14.5. The van der Waals surface area contributed by atoms with Gasteiger partial charge in [-0.1, -0.05) is 47.6 Å². The predicted octanol–water partition coefficient (Wildman–Crippen LogP) is 8.10. The predicted molar refractivity (Wildman–Crippen MR) is 187 cm³/mol. The molecule has 11 heteroatoms. The third-order valence-electron chi connectivity index (χ3n) is 8.66. The normalized spacial score (nSPS) is 15.7. The van der Waals surface area contributed by atoms with Crippen molar-refractivity contribution in [1.29, 1.82) is 0 Å². The average molecular weight is 663 g/mol. The van der Waals surface area contributed by atoms with Crippen LogP contribution in [0.4, 0.5) is 21.0 Å². The van der Waals surface area contributed by atoms with E-state index in [9.17, 15) is 9.18 Å². The summed E-state index contributed by atoms with van der Waals surface area (Å²) >= 11 is 1.34. The number of hydrogen-bond donors (Lipinski definition) is 2. The van der Waals surface area contributed by atoms with Crippen LogP contribution in [0.5, 0.6) is 11.5 Å². The minimum absolute atomic E-state index is 0.112. The van der Waals surface area contributed by atoms with Gasteiger partial charge in [-0.05, 0) is 66.8 Å². The van der Waals surface area contributed by atoms with E-state index in [0.29, 0.717) is 52.2 Å². The molecule has 1 aliphatic rings. The minimum Gasteiger partial charge on any atom is -0.493 e. The first kappa shape index (κ1) is 34.5. The molecule has 1 amide bonds. The Morgan fingerprint density at radius 3 is 2.60 bits per heavy atom. The number of thiazole rings is 1. The molecule has 1 saturated heterocycles. The van der Waals surface area contributed by atoms with Gasteiger partial charge in [-0.25, -0.2) is 19.3 Å². The van der Waals surface area contributed by atoms with Gasteiger partial charge in [-0.2, -0.15) is 0 Å². The van der Waals surface area contributed by atoms with Gasteiger partial charge in [0.15, 0.2) is 16.6 Å². The number of halogens is 1. The molecule has 2 aromatic heterocycles. The standard InChI is InChI=1S/C36H47FN6O3S/c1-35(2,3)32(36(4,5)6)28-13-9-14-43(28)15-10-16-46-30-20-27-26(19-29(30)45-7)33(40-22-39-27)42-34-38-21-25(47-34)18-31(44)41-24-12-8-11-23(37)17-24/h8,11-12,17,19-22,28,32H,9-10,13-16,18H2,1-7H3,(H,41,44)(H,38,39,40,42)/t28-/m1/s1. The third kappa shape index (κ3) is 8.75. The number of likely N-dealkylation sites (tertiary alicyclic amines) is 1. The summed E-state index contributed by atoms with van der Waals surface area (Å²) in [5, 5.41) is 7.31. The lowest BCUT2D eigenvalue weighted by Crippen LogP contribution is -2.48. The van der Waals surface area contributed by atoms with Crippen molar-refractivity contribution < 1.29 is 18.7 Å². The molecular formula is C36H47FN6O3S. The van der Waals surface area contributed by atoms with Gasteiger partial charge in [0.2, 0.25) is 5.91 Å². The van der Waals surface area contributed by atoms with Crippen LogP contribution in [0, 0.1) is 22.6 Å². The van der Waals surface area contributed by atoms with Crippen LogP contribution in [0.1, 0.15) is 65.7 Å². The van der Waals surface area contributed by atoms with Gasteiger partial charge in [-0.3, -0.25) is 9.69 Å². The number of amides is 1. The minimum atomic E-state index is -0.406. The Hall–Kier alpha value is -3.83. The summed E-state index contributed by atoms with van der Waals surface area (Å²) < 4.78 is 25.4. The number of nitrogens with one attached hydrogen (secondary N) is 2. The zero-order valence-electron chi connectivity index (χ0n) is 28.5. The maximum absolute atomic E-state index is 13.5. The number of ether oxygens (including phenoxy) is 2. The molecule has 4 aromatic rings. The number of benzene rings is 2. The Kier molecular flexibility index (Phi) is 10.7. The van der Waals surface area contributed by atoms with Crippen LogP contribution in [0.3, 0.4) is 0 Å². The van der Waals surface area contributed by atoms with E-state index in [0.717, 1.165) is 29.8 Å². The van der Waals surface area contributed by atoms with E-state index in [1.54, 1.807) is 25.4 Å². The van der Waals surface area contributed by atoms with Gasteiger partial charge in [0.1, 0.15) is 18.0 Å². The summed E-state index contributed by atoms with van der Waals surface area (Å²) in [5.74, 6) is 1.75. The van der Waals surface area contributed by atoms with Crippen molar-refractivity contribution in [1.82, 2.24) is 19.9 Å². The fourth-order valence-electron chi connectivity index (χ4n) is 7.32. The summed E-state index contributed by atoms with van der Waals surface area (Å²) in [5.41, 5.74) is 1.59. The Labute approximate surface area is 281 Å². The molecule has 2 aromatic carbocycles. The first-order valence-electron chi connectivity index (χ1n) is 16.3. The van der Waals surface area contributed by atoms with Gasteiger partial charge in [0, 0.05) is 40.8 Å². The number of anilines is 3. The van der Waals surface area contributed by atoms with Crippen LogP contribution < -0.4 is 20.1 Å². The van der Waals surface area contributed by atoms with Crippen molar-refractivity contribution in [3.05, 3.63) is 59.6 Å². The summed E-state index contributed by atoms with van der Waals surface area (Å²) in [6.07, 6.45) is 6.67. The number of hydrogen-bond acceptors (Lipinski definition) is 9. The first-order valence-corrected chi connectivity index (χ1v) is 17.1. The van der Waals surface area contributed by atoms with E-state index in [2.05, 4.69) is 72.0 Å². The van der Waals surface area contributed by atoms with Crippen molar-refractivity contribution >= 4 is 44.8 Å². The SMILES string of the molecule is COc1cc2c(Nc3ncc(CC(=O)Nc4cccc(F)c4)s3)ncnc2cc1OCCCN1CCC[C@@H]1C(C(C)(C)C)C(C)(C)C. The van der Waals surface area contributed by atoms with E-state index < -0.39 is 5.82 Å². The van der Waals surface area contributed by atoms with Crippen molar-refractivity contribution in [3.63, 3.8) is 0 Å². The maximum Gasteiger partial charge on any atom is 0.229 e.